The first-order chi connectivity index (χ1) is 15.3. The number of hydrogen-bond acceptors (Lipinski definition) is 4. The van der Waals surface area contributed by atoms with Crippen molar-refractivity contribution in [3.05, 3.63) is 74.7 Å². The number of halogens is 2. The summed E-state index contributed by atoms with van der Waals surface area (Å²) in [6.45, 7) is 6.14. The van der Waals surface area contributed by atoms with Crippen LogP contribution in [0.15, 0.2) is 41.2 Å². The fraction of sp³-hybridized carbons (Fsp3) is 0.348. The average molecular weight is 459 g/mol. The number of aliphatic hydroxyl groups is 1. The fourth-order valence-electron chi connectivity index (χ4n) is 4.26. The highest BCUT2D eigenvalue weighted by Gasteiger charge is 2.36. The number of anilines is 1. The number of carbonyl (C=O) groups excluding carboxylic acids is 1. The minimum atomic E-state index is -0.554. The Bertz CT molecular complexity index is 1230. The third-order valence-electron chi connectivity index (χ3n) is 5.94. The third-order valence-corrected chi connectivity index (χ3v) is 6.25. The summed E-state index contributed by atoms with van der Waals surface area (Å²) in [5, 5.41) is 14.0. The average Bonchev–Trinajstić information content (AvgIpc) is 3.09. The molecule has 1 aliphatic rings. The SMILES string of the molecule is CCn1c(CO)nn(-c2ccc3c(c2)C(C(C)C)CN(c2c(F)cccc2Cl)C3=O)c1=O. The summed E-state index contributed by atoms with van der Waals surface area (Å²) in [5.74, 6) is -0.616. The van der Waals surface area contributed by atoms with Crippen LogP contribution in [0.3, 0.4) is 0 Å². The maximum absolute atomic E-state index is 14.6. The zero-order valence-electron chi connectivity index (χ0n) is 18.0. The van der Waals surface area contributed by atoms with Gasteiger partial charge in [-0.2, -0.15) is 4.68 Å². The molecule has 0 saturated carbocycles. The van der Waals surface area contributed by atoms with Crippen LogP contribution < -0.4 is 10.6 Å². The molecule has 0 spiro atoms. The number of rotatable bonds is 5. The molecule has 4 rings (SSSR count). The lowest BCUT2D eigenvalue weighted by atomic mass is 9.81. The predicted molar refractivity (Wildman–Crippen MR) is 120 cm³/mol. The molecule has 2 heterocycles. The molecule has 32 heavy (non-hydrogen) atoms. The normalized spacial score (nSPS) is 16.0. The van der Waals surface area contributed by atoms with Crippen LogP contribution in [-0.2, 0) is 13.2 Å². The summed E-state index contributed by atoms with van der Waals surface area (Å²) in [4.78, 5) is 27.5. The Morgan fingerprint density at radius 3 is 2.59 bits per heavy atom. The van der Waals surface area contributed by atoms with Crippen LogP contribution in [-0.4, -0.2) is 31.9 Å². The van der Waals surface area contributed by atoms with E-state index in [4.69, 9.17) is 11.6 Å². The lowest BCUT2D eigenvalue weighted by Gasteiger charge is -2.37. The van der Waals surface area contributed by atoms with Crippen LogP contribution in [0.1, 0.15) is 48.4 Å². The van der Waals surface area contributed by atoms with Gasteiger partial charge < -0.3 is 10.0 Å². The second-order valence-corrected chi connectivity index (χ2v) is 8.53. The summed E-state index contributed by atoms with van der Waals surface area (Å²) in [7, 11) is 0. The summed E-state index contributed by atoms with van der Waals surface area (Å²) in [5.41, 5.74) is 1.43. The number of fused-ring (bicyclic) bond motifs is 1. The van der Waals surface area contributed by atoms with E-state index in [2.05, 4.69) is 5.10 Å². The lowest BCUT2D eigenvalue weighted by molar-refractivity contribution is 0.0972. The van der Waals surface area contributed by atoms with Crippen molar-refractivity contribution < 1.29 is 14.3 Å². The zero-order valence-corrected chi connectivity index (χ0v) is 18.8. The molecule has 1 N–H and O–H groups in total. The molecule has 1 unspecified atom stereocenters. The van der Waals surface area contributed by atoms with Crippen LogP contribution in [0, 0.1) is 11.7 Å². The van der Waals surface area contributed by atoms with Crippen molar-refractivity contribution in [2.24, 2.45) is 5.92 Å². The van der Waals surface area contributed by atoms with Crippen molar-refractivity contribution in [1.29, 1.82) is 0 Å². The molecule has 168 valence electrons. The standard InChI is InChI=1S/C23H24ClFN4O3/c1-4-27-20(12-30)26-29(23(27)32)14-8-9-15-16(10-14)17(13(2)3)11-28(22(15)31)21-18(24)6-5-7-19(21)25/h5-10,13,17,30H,4,11-12H2,1-3H3. The molecule has 1 amide bonds. The van der Waals surface area contributed by atoms with Crippen LogP contribution in [0.25, 0.3) is 5.69 Å². The number of amides is 1. The molecule has 0 fully saturated rings. The zero-order chi connectivity index (χ0) is 23.2. The van der Waals surface area contributed by atoms with E-state index >= 15 is 0 Å². The van der Waals surface area contributed by atoms with E-state index in [1.165, 1.54) is 26.3 Å². The minimum Gasteiger partial charge on any atom is -0.388 e. The molecular weight excluding hydrogens is 435 g/mol. The smallest absolute Gasteiger partial charge is 0.350 e. The Kier molecular flexibility index (Phi) is 5.92. The molecular formula is C23H24ClFN4O3. The molecule has 1 aliphatic heterocycles. The molecule has 3 aromatic rings. The quantitative estimate of drug-likeness (QED) is 0.631. The van der Waals surface area contributed by atoms with Gasteiger partial charge in [-0.1, -0.05) is 31.5 Å². The van der Waals surface area contributed by atoms with Gasteiger partial charge in [-0.15, -0.1) is 5.10 Å². The number of benzene rings is 2. The largest absolute Gasteiger partial charge is 0.388 e. The highest BCUT2D eigenvalue weighted by atomic mass is 35.5. The Hall–Kier alpha value is -2.97. The molecule has 7 nitrogen and oxygen atoms in total. The van der Waals surface area contributed by atoms with Crippen molar-refractivity contribution in [2.75, 3.05) is 11.4 Å². The molecule has 1 aromatic heterocycles. The Balaban J connectivity index is 1.85. The van der Waals surface area contributed by atoms with Gasteiger partial charge >= 0.3 is 5.69 Å². The van der Waals surface area contributed by atoms with E-state index in [-0.39, 0.29) is 53.1 Å². The van der Waals surface area contributed by atoms with Gasteiger partial charge in [0.15, 0.2) is 5.82 Å². The highest BCUT2D eigenvalue weighted by Crippen LogP contribution is 2.39. The van der Waals surface area contributed by atoms with Crippen LogP contribution in [0.4, 0.5) is 10.1 Å². The predicted octanol–water partition coefficient (Wildman–Crippen LogP) is 3.74. The van der Waals surface area contributed by atoms with E-state index in [1.807, 2.05) is 13.8 Å². The third kappa shape index (κ3) is 3.53. The van der Waals surface area contributed by atoms with Crippen molar-refractivity contribution in [3.63, 3.8) is 0 Å². The Labute approximate surface area is 189 Å². The molecule has 9 heteroatoms. The summed E-state index contributed by atoms with van der Waals surface area (Å²) in [6.07, 6.45) is 0. The van der Waals surface area contributed by atoms with Gasteiger partial charge in [0, 0.05) is 24.6 Å². The van der Waals surface area contributed by atoms with Gasteiger partial charge in [-0.05, 0) is 48.7 Å². The van der Waals surface area contributed by atoms with Gasteiger partial charge in [0.2, 0.25) is 0 Å². The van der Waals surface area contributed by atoms with Crippen molar-refractivity contribution in [1.82, 2.24) is 14.3 Å². The monoisotopic (exact) mass is 458 g/mol. The van der Waals surface area contributed by atoms with E-state index < -0.39 is 5.82 Å². The number of para-hydroxylation sites is 1. The van der Waals surface area contributed by atoms with Gasteiger partial charge in [0.05, 0.1) is 16.4 Å². The van der Waals surface area contributed by atoms with Gasteiger partial charge in [0.25, 0.3) is 5.91 Å². The number of carbonyl (C=O) groups is 1. The van der Waals surface area contributed by atoms with Crippen molar-refractivity contribution in [2.45, 2.75) is 39.8 Å². The van der Waals surface area contributed by atoms with E-state index in [0.29, 0.717) is 17.8 Å². The Morgan fingerprint density at radius 1 is 1.25 bits per heavy atom. The first kappa shape index (κ1) is 22.2. The van der Waals surface area contributed by atoms with Crippen molar-refractivity contribution in [3.8, 4) is 5.69 Å². The number of aliphatic hydroxyl groups excluding tert-OH is 1. The molecule has 0 bridgehead atoms. The summed E-state index contributed by atoms with van der Waals surface area (Å²) >= 11 is 6.25. The van der Waals surface area contributed by atoms with Crippen LogP contribution >= 0.6 is 11.6 Å². The minimum absolute atomic E-state index is 0.0741. The second-order valence-electron chi connectivity index (χ2n) is 8.12. The summed E-state index contributed by atoms with van der Waals surface area (Å²) < 4.78 is 17.2. The van der Waals surface area contributed by atoms with Gasteiger partial charge in [-0.25, -0.2) is 9.18 Å². The molecule has 0 saturated heterocycles. The van der Waals surface area contributed by atoms with E-state index in [9.17, 15) is 19.1 Å². The second kappa shape index (κ2) is 8.52. The molecule has 0 aliphatic carbocycles. The number of hydrogen-bond donors (Lipinski definition) is 1. The van der Waals surface area contributed by atoms with E-state index in [0.717, 1.165) is 5.56 Å². The first-order valence-corrected chi connectivity index (χ1v) is 10.9. The summed E-state index contributed by atoms with van der Waals surface area (Å²) in [6, 6.07) is 9.41. The lowest BCUT2D eigenvalue weighted by Crippen LogP contribution is -2.42. The Morgan fingerprint density at radius 2 is 2.00 bits per heavy atom. The first-order valence-electron chi connectivity index (χ1n) is 10.5. The molecule has 2 aromatic carbocycles. The molecule has 1 atom stereocenters. The maximum Gasteiger partial charge on any atom is 0.350 e. The maximum atomic E-state index is 14.6. The van der Waals surface area contributed by atoms with Gasteiger partial charge in [0.1, 0.15) is 12.4 Å². The topological polar surface area (TPSA) is 80.4 Å². The number of aromatic nitrogens is 3. The van der Waals surface area contributed by atoms with Crippen LogP contribution in [0.2, 0.25) is 5.02 Å². The van der Waals surface area contributed by atoms with Crippen molar-refractivity contribution >= 4 is 23.2 Å². The number of nitrogens with zero attached hydrogens (tertiary/aromatic N) is 4. The fourth-order valence-corrected chi connectivity index (χ4v) is 4.52. The van der Waals surface area contributed by atoms with E-state index in [1.54, 1.807) is 31.2 Å². The highest BCUT2D eigenvalue weighted by molar-refractivity contribution is 6.34. The molecule has 0 radical (unpaired) electrons. The van der Waals surface area contributed by atoms with Gasteiger partial charge in [-0.3, -0.25) is 9.36 Å². The van der Waals surface area contributed by atoms with Crippen LogP contribution in [0.5, 0.6) is 0 Å².